The van der Waals surface area contributed by atoms with Gasteiger partial charge in [-0.1, -0.05) is 34.1 Å². The monoisotopic (exact) mass is 339 g/mol. The second-order valence-corrected chi connectivity index (χ2v) is 5.53. The number of aryl methyl sites for hydroxylation is 1. The topological polar surface area (TPSA) is 74.2 Å². The van der Waals surface area contributed by atoms with Crippen LogP contribution in [0.25, 0.3) is 0 Å². The minimum Gasteiger partial charge on any atom is -0.485 e. The van der Waals surface area contributed by atoms with Crippen molar-refractivity contribution >= 4 is 15.9 Å². The van der Waals surface area contributed by atoms with Crippen molar-refractivity contribution in [1.29, 1.82) is 0 Å². The van der Waals surface area contributed by atoms with Gasteiger partial charge in [-0.25, -0.2) is 0 Å². The molecular formula is C14H18BrN3O2. The number of nitrogens with two attached hydrogens (primary N) is 1. The maximum absolute atomic E-state index is 5.93. The molecule has 0 fully saturated rings. The molecule has 108 valence electrons. The van der Waals surface area contributed by atoms with E-state index in [1.807, 2.05) is 25.1 Å². The van der Waals surface area contributed by atoms with Gasteiger partial charge in [-0.05, 0) is 25.5 Å². The van der Waals surface area contributed by atoms with Gasteiger partial charge in [0.2, 0.25) is 11.7 Å². The Morgan fingerprint density at radius 2 is 2.25 bits per heavy atom. The summed E-state index contributed by atoms with van der Waals surface area (Å²) in [6.07, 6.45) is 1.76. The fraction of sp³-hybridized carbons (Fsp3) is 0.429. The summed E-state index contributed by atoms with van der Waals surface area (Å²) in [6.45, 7) is 4.25. The molecule has 0 aliphatic rings. The first-order chi connectivity index (χ1) is 9.60. The maximum Gasteiger partial charge on any atom is 0.226 e. The van der Waals surface area contributed by atoms with Crippen molar-refractivity contribution in [2.45, 2.75) is 39.3 Å². The summed E-state index contributed by atoms with van der Waals surface area (Å²) in [4.78, 5) is 4.27. The summed E-state index contributed by atoms with van der Waals surface area (Å²) in [5.74, 6) is 1.92. The lowest BCUT2D eigenvalue weighted by Crippen LogP contribution is -2.08. The van der Waals surface area contributed by atoms with Crippen LogP contribution in [0, 0.1) is 0 Å². The number of halogens is 1. The molecule has 2 aromatic rings. The molecule has 0 radical (unpaired) electrons. The lowest BCUT2D eigenvalue weighted by molar-refractivity contribution is 0.281. The summed E-state index contributed by atoms with van der Waals surface area (Å²) < 4.78 is 11.8. The Bertz CT molecular complexity index is 569. The van der Waals surface area contributed by atoms with E-state index < -0.39 is 0 Å². The van der Waals surface area contributed by atoms with Crippen LogP contribution in [-0.2, 0) is 13.0 Å². The van der Waals surface area contributed by atoms with Gasteiger partial charge in [-0.3, -0.25) is 0 Å². The second-order valence-electron chi connectivity index (χ2n) is 4.61. The van der Waals surface area contributed by atoms with E-state index in [0.29, 0.717) is 11.7 Å². The van der Waals surface area contributed by atoms with Gasteiger partial charge in [0, 0.05) is 22.5 Å². The first-order valence-corrected chi connectivity index (χ1v) is 7.38. The Kier molecular flexibility index (Phi) is 5.14. The van der Waals surface area contributed by atoms with Crippen LogP contribution in [0.4, 0.5) is 0 Å². The standard InChI is InChI=1S/C14H18BrN3O2/c1-3-4-14-17-13(18-20-14)8-19-12-7-10(15)5-6-11(12)9(2)16/h5-7,9H,3-4,8,16H2,1-2H3. The highest BCUT2D eigenvalue weighted by molar-refractivity contribution is 9.10. The molecule has 20 heavy (non-hydrogen) atoms. The Hall–Kier alpha value is -1.40. The number of hydrogen-bond donors (Lipinski definition) is 1. The van der Waals surface area contributed by atoms with Crippen LogP contribution in [0.5, 0.6) is 5.75 Å². The third kappa shape index (κ3) is 3.80. The predicted octanol–water partition coefficient (Wildman–Crippen LogP) is 3.38. The van der Waals surface area contributed by atoms with E-state index in [4.69, 9.17) is 15.0 Å². The van der Waals surface area contributed by atoms with Gasteiger partial charge in [-0.2, -0.15) is 4.98 Å². The van der Waals surface area contributed by atoms with Crippen molar-refractivity contribution in [3.05, 3.63) is 40.0 Å². The Morgan fingerprint density at radius 3 is 2.95 bits per heavy atom. The fourth-order valence-corrected chi connectivity index (χ4v) is 2.16. The zero-order valence-corrected chi connectivity index (χ0v) is 13.2. The van der Waals surface area contributed by atoms with Gasteiger partial charge < -0.3 is 15.0 Å². The average molecular weight is 340 g/mol. The summed E-state index contributed by atoms with van der Waals surface area (Å²) in [5, 5.41) is 3.89. The lowest BCUT2D eigenvalue weighted by atomic mass is 10.1. The van der Waals surface area contributed by atoms with Crippen LogP contribution in [-0.4, -0.2) is 10.1 Å². The molecule has 6 heteroatoms. The van der Waals surface area contributed by atoms with Crippen LogP contribution >= 0.6 is 15.9 Å². The normalized spacial score (nSPS) is 12.4. The second kappa shape index (κ2) is 6.85. The largest absolute Gasteiger partial charge is 0.485 e. The minimum absolute atomic E-state index is 0.0981. The van der Waals surface area contributed by atoms with Gasteiger partial charge in [0.25, 0.3) is 0 Å². The Morgan fingerprint density at radius 1 is 1.45 bits per heavy atom. The third-order valence-corrected chi connectivity index (χ3v) is 3.29. The molecule has 1 aromatic carbocycles. The molecule has 0 bridgehead atoms. The predicted molar refractivity (Wildman–Crippen MR) is 79.4 cm³/mol. The molecule has 0 aliphatic carbocycles. The van der Waals surface area contributed by atoms with Gasteiger partial charge in [0.05, 0.1) is 0 Å². The number of ether oxygens (including phenoxy) is 1. The van der Waals surface area contributed by atoms with E-state index in [1.54, 1.807) is 0 Å². The molecule has 0 amide bonds. The smallest absolute Gasteiger partial charge is 0.226 e. The number of benzene rings is 1. The van der Waals surface area contributed by atoms with Gasteiger partial charge in [-0.15, -0.1) is 0 Å². The average Bonchev–Trinajstić information content (AvgIpc) is 2.84. The quantitative estimate of drug-likeness (QED) is 0.873. The van der Waals surface area contributed by atoms with Crippen molar-refractivity contribution in [2.75, 3.05) is 0 Å². The van der Waals surface area contributed by atoms with Crippen molar-refractivity contribution in [3.8, 4) is 5.75 Å². The lowest BCUT2D eigenvalue weighted by Gasteiger charge is -2.13. The van der Waals surface area contributed by atoms with Crippen LogP contribution in [0.15, 0.2) is 27.2 Å². The summed E-state index contributed by atoms with van der Waals surface area (Å²) >= 11 is 3.43. The van der Waals surface area contributed by atoms with E-state index in [1.165, 1.54) is 0 Å². The molecule has 2 N–H and O–H groups in total. The number of aromatic nitrogens is 2. The molecule has 2 rings (SSSR count). The van der Waals surface area contributed by atoms with E-state index >= 15 is 0 Å². The van der Waals surface area contributed by atoms with Crippen LogP contribution in [0.3, 0.4) is 0 Å². The first-order valence-electron chi connectivity index (χ1n) is 6.59. The fourth-order valence-electron chi connectivity index (χ4n) is 1.82. The summed E-state index contributed by atoms with van der Waals surface area (Å²) in [7, 11) is 0. The molecule has 5 nitrogen and oxygen atoms in total. The van der Waals surface area contributed by atoms with Gasteiger partial charge in [0.1, 0.15) is 5.75 Å². The maximum atomic E-state index is 5.93. The van der Waals surface area contributed by atoms with Crippen molar-refractivity contribution in [2.24, 2.45) is 5.73 Å². The Labute approximate surface area is 126 Å². The van der Waals surface area contributed by atoms with E-state index in [2.05, 4.69) is 33.0 Å². The molecule has 1 unspecified atom stereocenters. The summed E-state index contributed by atoms with van der Waals surface area (Å²) in [6, 6.07) is 5.69. The number of hydrogen-bond acceptors (Lipinski definition) is 5. The van der Waals surface area contributed by atoms with Crippen molar-refractivity contribution in [3.63, 3.8) is 0 Å². The highest BCUT2D eigenvalue weighted by Crippen LogP contribution is 2.28. The van der Waals surface area contributed by atoms with Gasteiger partial charge >= 0.3 is 0 Å². The Balaban J connectivity index is 2.07. The molecule has 1 atom stereocenters. The van der Waals surface area contributed by atoms with E-state index in [9.17, 15) is 0 Å². The van der Waals surface area contributed by atoms with Crippen LogP contribution < -0.4 is 10.5 Å². The highest BCUT2D eigenvalue weighted by atomic mass is 79.9. The van der Waals surface area contributed by atoms with E-state index in [0.717, 1.165) is 28.6 Å². The van der Waals surface area contributed by atoms with Crippen LogP contribution in [0.1, 0.15) is 43.6 Å². The molecule has 0 saturated carbocycles. The zero-order chi connectivity index (χ0) is 14.5. The molecule has 1 heterocycles. The first kappa shape index (κ1) is 15.0. The molecule has 0 saturated heterocycles. The van der Waals surface area contributed by atoms with Crippen molar-refractivity contribution < 1.29 is 9.26 Å². The summed E-state index contributed by atoms with van der Waals surface area (Å²) in [5.41, 5.74) is 6.88. The third-order valence-electron chi connectivity index (χ3n) is 2.80. The molecular weight excluding hydrogens is 322 g/mol. The zero-order valence-electron chi connectivity index (χ0n) is 11.6. The van der Waals surface area contributed by atoms with Crippen LogP contribution in [0.2, 0.25) is 0 Å². The van der Waals surface area contributed by atoms with E-state index in [-0.39, 0.29) is 12.6 Å². The molecule has 1 aromatic heterocycles. The SMILES string of the molecule is CCCc1nc(COc2cc(Br)ccc2C(C)N)no1. The molecule has 0 aliphatic heterocycles. The number of rotatable bonds is 6. The van der Waals surface area contributed by atoms with Gasteiger partial charge in [0.15, 0.2) is 6.61 Å². The highest BCUT2D eigenvalue weighted by Gasteiger charge is 2.11. The minimum atomic E-state index is -0.0981. The number of nitrogens with zero attached hydrogens (tertiary/aromatic N) is 2. The molecule has 0 spiro atoms. The van der Waals surface area contributed by atoms with Crippen molar-refractivity contribution in [1.82, 2.24) is 10.1 Å².